The third-order valence-electron chi connectivity index (χ3n) is 3.13. The number of nitrogens with zero attached hydrogens (tertiary/aromatic N) is 1. The Balaban J connectivity index is 1.68. The number of benzene rings is 2. The predicted octanol–water partition coefficient (Wildman–Crippen LogP) is 3.29. The van der Waals surface area contributed by atoms with Crippen LogP contribution in [0.4, 0.5) is 16.2 Å². The summed E-state index contributed by atoms with van der Waals surface area (Å²) in [6, 6.07) is 13.4. The van der Waals surface area contributed by atoms with E-state index in [2.05, 4.69) is 10.6 Å². The van der Waals surface area contributed by atoms with Crippen LogP contribution >= 0.6 is 0 Å². The first kappa shape index (κ1) is 14.0. The van der Waals surface area contributed by atoms with E-state index in [1.807, 2.05) is 12.1 Å². The van der Waals surface area contributed by atoms with Crippen LogP contribution in [-0.4, -0.2) is 10.2 Å². The van der Waals surface area contributed by atoms with Gasteiger partial charge in [0.2, 0.25) is 0 Å². The highest BCUT2D eigenvalue weighted by Crippen LogP contribution is 2.26. The Bertz CT molecular complexity index is 835. The first-order chi connectivity index (χ1) is 10.7. The summed E-state index contributed by atoms with van der Waals surface area (Å²) in [6.07, 6.45) is 1.80. The van der Waals surface area contributed by atoms with Gasteiger partial charge in [-0.2, -0.15) is 5.26 Å². The minimum Gasteiger partial charge on any atom is -0.308 e. The molecule has 0 bridgehead atoms. The standard InChI is InChI=1S/C16H11N3O2S/c17-10-11-1-4-13(5-2-11)18-16(20)19-14-6-3-12-7-8-22(21)15(12)9-14/h1-9H,(H2,18,19,20). The fourth-order valence-electron chi connectivity index (χ4n) is 2.05. The number of hydrogen-bond acceptors (Lipinski definition) is 3. The van der Waals surface area contributed by atoms with Crippen LogP contribution in [0.3, 0.4) is 0 Å². The van der Waals surface area contributed by atoms with Crippen molar-refractivity contribution in [1.29, 1.82) is 5.26 Å². The van der Waals surface area contributed by atoms with Gasteiger partial charge in [0.25, 0.3) is 0 Å². The highest BCUT2D eigenvalue weighted by Gasteiger charge is 2.13. The lowest BCUT2D eigenvalue weighted by atomic mass is 10.2. The third kappa shape index (κ3) is 2.90. The molecule has 108 valence electrons. The molecule has 0 saturated heterocycles. The Labute approximate surface area is 129 Å². The fraction of sp³-hybridized carbons (Fsp3) is 0. The maximum absolute atomic E-state index is 11.9. The summed E-state index contributed by atoms with van der Waals surface area (Å²) in [5.74, 6) is 0. The van der Waals surface area contributed by atoms with Crippen molar-refractivity contribution in [2.45, 2.75) is 4.90 Å². The summed E-state index contributed by atoms with van der Waals surface area (Å²) in [4.78, 5) is 12.6. The molecule has 0 aliphatic carbocycles. The molecule has 0 aromatic heterocycles. The number of nitrogens with one attached hydrogen (secondary N) is 2. The van der Waals surface area contributed by atoms with Gasteiger partial charge in [-0.3, -0.25) is 0 Å². The number of carbonyl (C=O) groups is 1. The SMILES string of the molecule is N#Cc1ccc(NC(=O)Nc2ccc3c(c2)S(=O)C=C3)cc1. The number of fused-ring (bicyclic) bond motifs is 1. The van der Waals surface area contributed by atoms with Crippen LogP contribution in [0.2, 0.25) is 0 Å². The summed E-state index contributed by atoms with van der Waals surface area (Å²) in [6.45, 7) is 0. The molecule has 3 rings (SSSR count). The summed E-state index contributed by atoms with van der Waals surface area (Å²) in [5.41, 5.74) is 2.58. The number of carbonyl (C=O) groups excluding carboxylic acids is 1. The van der Waals surface area contributed by atoms with Crippen molar-refractivity contribution in [3.63, 3.8) is 0 Å². The van der Waals surface area contributed by atoms with Gasteiger partial charge in [-0.25, -0.2) is 9.00 Å². The normalized spacial score (nSPS) is 15.0. The van der Waals surface area contributed by atoms with E-state index in [-0.39, 0.29) is 0 Å². The molecule has 1 unspecified atom stereocenters. The monoisotopic (exact) mass is 309 g/mol. The molecule has 2 aromatic carbocycles. The van der Waals surface area contributed by atoms with Gasteiger partial charge in [-0.1, -0.05) is 6.07 Å². The number of rotatable bonds is 2. The fourth-order valence-corrected chi connectivity index (χ4v) is 3.08. The lowest BCUT2D eigenvalue weighted by molar-refractivity contribution is 0.262. The second kappa shape index (κ2) is 5.84. The van der Waals surface area contributed by atoms with Crippen LogP contribution in [0.1, 0.15) is 11.1 Å². The van der Waals surface area contributed by atoms with E-state index in [1.165, 1.54) is 0 Å². The van der Waals surface area contributed by atoms with Crippen molar-refractivity contribution in [2.75, 3.05) is 10.6 Å². The molecule has 2 aromatic rings. The van der Waals surface area contributed by atoms with Gasteiger partial charge in [-0.05, 0) is 48.0 Å². The molecule has 2 N–H and O–H groups in total. The van der Waals surface area contributed by atoms with Gasteiger partial charge in [0.1, 0.15) is 0 Å². The van der Waals surface area contributed by atoms with Gasteiger partial charge in [0, 0.05) is 16.8 Å². The molecule has 5 nitrogen and oxygen atoms in total. The van der Waals surface area contributed by atoms with E-state index in [0.29, 0.717) is 21.8 Å². The number of urea groups is 1. The molecular formula is C16H11N3O2S. The average Bonchev–Trinajstić information content (AvgIpc) is 2.89. The zero-order valence-electron chi connectivity index (χ0n) is 11.4. The van der Waals surface area contributed by atoms with Gasteiger partial charge < -0.3 is 10.6 Å². The first-order valence-electron chi connectivity index (χ1n) is 6.47. The molecular weight excluding hydrogens is 298 g/mol. The Morgan fingerprint density at radius 1 is 1.05 bits per heavy atom. The number of hydrogen-bond donors (Lipinski definition) is 2. The van der Waals surface area contributed by atoms with Gasteiger partial charge in [0.05, 0.1) is 27.3 Å². The van der Waals surface area contributed by atoms with Crippen LogP contribution in [0.25, 0.3) is 6.08 Å². The maximum Gasteiger partial charge on any atom is 0.323 e. The molecule has 0 radical (unpaired) electrons. The summed E-state index contributed by atoms with van der Waals surface area (Å²) >= 11 is 0. The minimum absolute atomic E-state index is 0.401. The molecule has 0 saturated carbocycles. The van der Waals surface area contributed by atoms with Gasteiger partial charge in [0.15, 0.2) is 0 Å². The van der Waals surface area contributed by atoms with Crippen molar-refractivity contribution in [3.05, 3.63) is 59.0 Å². The van der Waals surface area contributed by atoms with E-state index in [4.69, 9.17) is 5.26 Å². The molecule has 2 amide bonds. The number of amides is 2. The van der Waals surface area contributed by atoms with Crippen LogP contribution in [-0.2, 0) is 10.8 Å². The Morgan fingerprint density at radius 3 is 2.45 bits per heavy atom. The molecule has 0 spiro atoms. The van der Waals surface area contributed by atoms with Crippen LogP contribution in [0.15, 0.2) is 52.8 Å². The maximum atomic E-state index is 11.9. The van der Waals surface area contributed by atoms with Crippen molar-refractivity contribution in [1.82, 2.24) is 0 Å². The van der Waals surface area contributed by atoms with Crippen LogP contribution < -0.4 is 10.6 Å². The Morgan fingerprint density at radius 2 is 1.73 bits per heavy atom. The smallest absolute Gasteiger partial charge is 0.308 e. The van der Waals surface area contributed by atoms with Crippen LogP contribution in [0, 0.1) is 11.3 Å². The Kier molecular flexibility index (Phi) is 3.73. The highest BCUT2D eigenvalue weighted by molar-refractivity contribution is 7.88. The zero-order chi connectivity index (χ0) is 15.5. The topological polar surface area (TPSA) is 82.0 Å². The van der Waals surface area contributed by atoms with E-state index >= 15 is 0 Å². The van der Waals surface area contributed by atoms with Gasteiger partial charge in [-0.15, -0.1) is 0 Å². The molecule has 6 heteroatoms. The largest absolute Gasteiger partial charge is 0.323 e. The van der Waals surface area contributed by atoms with Gasteiger partial charge >= 0.3 is 6.03 Å². The van der Waals surface area contributed by atoms with Crippen molar-refractivity contribution < 1.29 is 9.00 Å². The molecule has 1 aliphatic rings. The Hall–Kier alpha value is -2.91. The second-order valence-electron chi connectivity index (χ2n) is 4.62. The first-order valence-corrected chi connectivity index (χ1v) is 7.68. The van der Waals surface area contributed by atoms with Crippen molar-refractivity contribution in [2.24, 2.45) is 0 Å². The van der Waals surface area contributed by atoms with Crippen molar-refractivity contribution >= 4 is 34.3 Å². The third-order valence-corrected chi connectivity index (χ3v) is 4.30. The summed E-state index contributed by atoms with van der Waals surface area (Å²) in [5, 5.41) is 15.7. The molecule has 1 atom stereocenters. The molecule has 0 fully saturated rings. The van der Waals surface area contributed by atoms with E-state index < -0.39 is 16.8 Å². The average molecular weight is 309 g/mol. The summed E-state index contributed by atoms with van der Waals surface area (Å²) < 4.78 is 11.7. The second-order valence-corrected chi connectivity index (χ2v) is 5.93. The minimum atomic E-state index is -1.15. The zero-order valence-corrected chi connectivity index (χ0v) is 12.2. The van der Waals surface area contributed by atoms with E-state index in [1.54, 1.807) is 47.9 Å². The highest BCUT2D eigenvalue weighted by atomic mass is 32.2. The lowest BCUT2D eigenvalue weighted by Gasteiger charge is -2.09. The number of nitriles is 1. The number of anilines is 2. The van der Waals surface area contributed by atoms with E-state index in [0.717, 1.165) is 5.56 Å². The van der Waals surface area contributed by atoms with E-state index in [9.17, 15) is 9.00 Å². The summed E-state index contributed by atoms with van der Waals surface area (Å²) in [7, 11) is -1.15. The molecule has 1 aliphatic heterocycles. The predicted molar refractivity (Wildman–Crippen MR) is 85.7 cm³/mol. The quantitative estimate of drug-likeness (QED) is 0.893. The van der Waals surface area contributed by atoms with Crippen LogP contribution in [0.5, 0.6) is 0 Å². The molecule has 1 heterocycles. The lowest BCUT2D eigenvalue weighted by Crippen LogP contribution is -2.19. The van der Waals surface area contributed by atoms with Crippen molar-refractivity contribution in [3.8, 4) is 6.07 Å². The molecule has 22 heavy (non-hydrogen) atoms.